The van der Waals surface area contributed by atoms with Crippen LogP contribution in [0.15, 0.2) is 82.4 Å². The molecule has 0 fully saturated rings. The lowest BCUT2D eigenvalue weighted by molar-refractivity contribution is 0.599. The largest absolute Gasteiger partial charge is 0.280 e. The minimum Gasteiger partial charge on any atom is -0.280 e. The van der Waals surface area contributed by atoms with Crippen molar-refractivity contribution < 1.29 is 12.8 Å². The molecule has 0 radical (unpaired) electrons. The van der Waals surface area contributed by atoms with Crippen molar-refractivity contribution in [2.75, 3.05) is 4.72 Å². The van der Waals surface area contributed by atoms with Crippen molar-refractivity contribution in [2.24, 2.45) is 0 Å². The van der Waals surface area contributed by atoms with Crippen LogP contribution in [0.2, 0.25) is 0 Å². The molecule has 0 aliphatic heterocycles. The average Bonchev–Trinajstić information content (AvgIpc) is 3.47. The first-order valence-corrected chi connectivity index (χ1v) is 12.4. The molecule has 0 bridgehead atoms. The highest BCUT2D eigenvalue weighted by Crippen LogP contribution is 2.36. The molecule has 0 unspecified atom stereocenters. The molecule has 0 saturated heterocycles. The van der Waals surface area contributed by atoms with E-state index in [2.05, 4.69) is 4.72 Å². The van der Waals surface area contributed by atoms with E-state index in [4.69, 9.17) is 9.97 Å². The van der Waals surface area contributed by atoms with Gasteiger partial charge in [-0.2, -0.15) is 0 Å². The van der Waals surface area contributed by atoms with E-state index in [9.17, 15) is 12.8 Å². The smallest absolute Gasteiger partial charge is 0.261 e. The molecule has 0 aliphatic rings. The SMILES string of the molecule is O=S(=O)(Nc1ccc2nc(-c3cccs3)c(-c3cccs3)nc2c1)c1ccc(F)cc1. The number of halogens is 1. The molecular weight excluding hydrogens is 453 g/mol. The molecule has 5 aromatic rings. The molecule has 9 heteroatoms. The van der Waals surface area contributed by atoms with Crippen molar-refractivity contribution in [3.63, 3.8) is 0 Å². The van der Waals surface area contributed by atoms with Gasteiger partial charge in [-0.3, -0.25) is 4.72 Å². The molecule has 3 aromatic heterocycles. The predicted octanol–water partition coefficient (Wildman–Crippen LogP) is 6.03. The van der Waals surface area contributed by atoms with Crippen LogP contribution < -0.4 is 4.72 Å². The summed E-state index contributed by atoms with van der Waals surface area (Å²) in [5.41, 5.74) is 3.14. The lowest BCUT2D eigenvalue weighted by Crippen LogP contribution is -2.13. The molecule has 5 rings (SSSR count). The fourth-order valence-electron chi connectivity index (χ4n) is 3.12. The highest BCUT2D eigenvalue weighted by atomic mass is 32.2. The van der Waals surface area contributed by atoms with E-state index in [0.717, 1.165) is 33.3 Å². The number of sulfonamides is 1. The van der Waals surface area contributed by atoms with Gasteiger partial charge >= 0.3 is 0 Å². The van der Waals surface area contributed by atoms with E-state index in [1.165, 1.54) is 12.1 Å². The third kappa shape index (κ3) is 3.95. The molecule has 2 aromatic carbocycles. The summed E-state index contributed by atoms with van der Waals surface area (Å²) in [6.45, 7) is 0. The van der Waals surface area contributed by atoms with Crippen LogP contribution in [0.1, 0.15) is 0 Å². The van der Waals surface area contributed by atoms with E-state index in [1.807, 2.05) is 35.0 Å². The maximum absolute atomic E-state index is 13.1. The molecule has 0 atom stereocenters. The van der Waals surface area contributed by atoms with Crippen molar-refractivity contribution in [1.82, 2.24) is 9.97 Å². The quantitative estimate of drug-likeness (QED) is 0.343. The van der Waals surface area contributed by atoms with E-state index in [1.54, 1.807) is 40.9 Å². The van der Waals surface area contributed by atoms with Gasteiger partial charge in [0.2, 0.25) is 0 Å². The van der Waals surface area contributed by atoms with Crippen molar-refractivity contribution in [3.8, 4) is 21.1 Å². The second kappa shape index (κ2) is 7.84. The van der Waals surface area contributed by atoms with Gasteiger partial charge in [-0.25, -0.2) is 22.8 Å². The predicted molar refractivity (Wildman–Crippen MR) is 123 cm³/mol. The van der Waals surface area contributed by atoms with Gasteiger partial charge in [0.25, 0.3) is 10.0 Å². The summed E-state index contributed by atoms with van der Waals surface area (Å²) in [6, 6.07) is 17.6. The van der Waals surface area contributed by atoms with Gasteiger partial charge in [0.15, 0.2) is 0 Å². The maximum Gasteiger partial charge on any atom is 0.261 e. The van der Waals surface area contributed by atoms with E-state index < -0.39 is 15.8 Å². The highest BCUT2D eigenvalue weighted by molar-refractivity contribution is 7.92. The number of rotatable bonds is 5. The lowest BCUT2D eigenvalue weighted by atomic mass is 10.2. The Hall–Kier alpha value is -3.14. The Morgan fingerprint density at radius 1 is 0.774 bits per heavy atom. The number of nitrogens with zero attached hydrogens (tertiary/aromatic N) is 2. The summed E-state index contributed by atoms with van der Waals surface area (Å²) in [6.07, 6.45) is 0. The van der Waals surface area contributed by atoms with Crippen LogP contribution in [-0.2, 0) is 10.0 Å². The fourth-order valence-corrected chi connectivity index (χ4v) is 5.59. The maximum atomic E-state index is 13.1. The van der Waals surface area contributed by atoms with Crippen LogP contribution in [0.25, 0.3) is 32.2 Å². The highest BCUT2D eigenvalue weighted by Gasteiger charge is 2.17. The van der Waals surface area contributed by atoms with Crippen LogP contribution in [0.3, 0.4) is 0 Å². The Morgan fingerprint density at radius 2 is 1.39 bits per heavy atom. The third-order valence-electron chi connectivity index (χ3n) is 4.55. The Kier molecular flexibility index (Phi) is 5.01. The van der Waals surface area contributed by atoms with E-state index in [0.29, 0.717) is 16.7 Å². The topological polar surface area (TPSA) is 72.0 Å². The van der Waals surface area contributed by atoms with Crippen LogP contribution in [0, 0.1) is 5.82 Å². The second-order valence-corrected chi connectivity index (χ2v) is 10.2. The monoisotopic (exact) mass is 467 g/mol. The number of hydrogen-bond acceptors (Lipinski definition) is 6. The molecule has 31 heavy (non-hydrogen) atoms. The Balaban J connectivity index is 1.58. The second-order valence-electron chi connectivity index (χ2n) is 6.64. The van der Waals surface area contributed by atoms with Crippen molar-refractivity contribution in [3.05, 3.63) is 83.3 Å². The van der Waals surface area contributed by atoms with E-state index >= 15 is 0 Å². The molecular formula is C22H14FN3O2S3. The first-order valence-electron chi connectivity index (χ1n) is 9.17. The van der Waals surface area contributed by atoms with Gasteiger partial charge < -0.3 is 0 Å². The molecule has 1 N–H and O–H groups in total. The number of thiophene rings is 2. The Labute approximate surface area is 185 Å². The first-order chi connectivity index (χ1) is 15.0. The number of nitrogens with one attached hydrogen (secondary N) is 1. The van der Waals surface area contributed by atoms with Gasteiger partial charge in [0.1, 0.15) is 17.2 Å². The molecule has 3 heterocycles. The first kappa shape index (κ1) is 19.8. The summed E-state index contributed by atoms with van der Waals surface area (Å²) in [4.78, 5) is 11.6. The molecule has 154 valence electrons. The summed E-state index contributed by atoms with van der Waals surface area (Å²) in [7, 11) is -3.86. The van der Waals surface area contributed by atoms with Crippen molar-refractivity contribution in [1.29, 1.82) is 0 Å². The average molecular weight is 468 g/mol. The minimum atomic E-state index is -3.86. The Morgan fingerprint density at radius 3 is 1.97 bits per heavy atom. The Bertz CT molecular complexity index is 1470. The molecule has 5 nitrogen and oxygen atoms in total. The van der Waals surface area contributed by atoms with Crippen LogP contribution in [0.4, 0.5) is 10.1 Å². The van der Waals surface area contributed by atoms with Gasteiger partial charge in [-0.1, -0.05) is 12.1 Å². The van der Waals surface area contributed by atoms with Crippen molar-refractivity contribution >= 4 is 49.4 Å². The number of anilines is 1. The standard InChI is InChI=1S/C22H14FN3O2S3/c23-14-5-8-16(9-6-14)31(27,28)26-15-7-10-17-18(13-15)25-22(20-4-2-12-30-20)21(24-17)19-3-1-11-29-19/h1-13,26H. The zero-order valence-corrected chi connectivity index (χ0v) is 18.3. The zero-order chi connectivity index (χ0) is 21.4. The normalized spacial score (nSPS) is 11.6. The molecule has 0 spiro atoms. The van der Waals surface area contributed by atoms with Gasteiger partial charge in [-0.05, 0) is 65.4 Å². The van der Waals surface area contributed by atoms with Gasteiger partial charge in [-0.15, -0.1) is 22.7 Å². The van der Waals surface area contributed by atoms with Crippen LogP contribution in [-0.4, -0.2) is 18.4 Å². The zero-order valence-electron chi connectivity index (χ0n) is 15.8. The summed E-state index contributed by atoms with van der Waals surface area (Å²) in [5.74, 6) is -0.498. The number of aromatic nitrogens is 2. The number of benzene rings is 2. The van der Waals surface area contributed by atoms with E-state index in [-0.39, 0.29) is 4.90 Å². The minimum absolute atomic E-state index is 0.0209. The summed E-state index contributed by atoms with van der Waals surface area (Å²) in [5, 5.41) is 3.97. The molecule has 0 saturated carbocycles. The van der Waals surface area contributed by atoms with Crippen molar-refractivity contribution in [2.45, 2.75) is 4.90 Å². The van der Waals surface area contributed by atoms with Gasteiger partial charge in [0, 0.05) is 0 Å². The van der Waals surface area contributed by atoms with Gasteiger partial charge in [0.05, 0.1) is 31.4 Å². The number of hydrogen-bond donors (Lipinski definition) is 1. The molecule has 0 amide bonds. The van der Waals surface area contributed by atoms with Crippen LogP contribution >= 0.6 is 22.7 Å². The van der Waals surface area contributed by atoms with Crippen LogP contribution in [0.5, 0.6) is 0 Å². The lowest BCUT2D eigenvalue weighted by Gasteiger charge is -2.11. The third-order valence-corrected chi connectivity index (χ3v) is 7.70. The summed E-state index contributed by atoms with van der Waals surface area (Å²) >= 11 is 3.16. The number of fused-ring (bicyclic) bond motifs is 1. The molecule has 0 aliphatic carbocycles. The summed E-state index contributed by atoms with van der Waals surface area (Å²) < 4.78 is 41.0. The fraction of sp³-hybridized carbons (Fsp3) is 0.